The lowest BCUT2D eigenvalue weighted by Gasteiger charge is -2.30. The number of thiazole rings is 1. The first-order valence-corrected chi connectivity index (χ1v) is 15.6. The molecular formula is C30H31BrN4O8S. The molecule has 0 unspecified atom stereocenters. The van der Waals surface area contributed by atoms with Gasteiger partial charge in [0.1, 0.15) is 0 Å². The number of anilines is 1. The van der Waals surface area contributed by atoms with Crippen molar-refractivity contribution >= 4 is 50.7 Å². The van der Waals surface area contributed by atoms with Crippen molar-refractivity contribution in [3.05, 3.63) is 87.0 Å². The lowest BCUT2D eigenvalue weighted by atomic mass is 9.95. The minimum absolute atomic E-state index is 0.0928. The molecule has 0 bridgehead atoms. The Bertz CT molecular complexity index is 1830. The van der Waals surface area contributed by atoms with Crippen molar-refractivity contribution in [2.24, 2.45) is 4.99 Å². The molecule has 44 heavy (non-hydrogen) atoms. The number of nitrogens with zero attached hydrogens (tertiary/aromatic N) is 4. The minimum atomic E-state index is -0.907. The molecule has 14 heteroatoms. The van der Waals surface area contributed by atoms with E-state index in [0.29, 0.717) is 75.0 Å². The van der Waals surface area contributed by atoms with Gasteiger partial charge in [-0.1, -0.05) is 27.3 Å². The standard InChI is InChI=1S/C30H31BrN4O8S/c1-5-42-24-16-21(31)20(15-23(24)40-4)27-26(29(37)43-6-2)17(3)32-30-34(27)28(36)25(44-30)14-18-13-19(35(38)39)7-8-22(18)33-9-11-41-12-10-33/h7-8,13-16,27H,5-6,9-12H2,1-4H3/b25-14+/t27-/m0/s1. The molecule has 0 spiro atoms. The Morgan fingerprint density at radius 1 is 1.20 bits per heavy atom. The molecule has 2 aliphatic heterocycles. The van der Waals surface area contributed by atoms with Gasteiger partial charge in [0.25, 0.3) is 11.2 Å². The Labute approximate surface area is 265 Å². The van der Waals surface area contributed by atoms with Gasteiger partial charge in [0, 0.05) is 40.9 Å². The van der Waals surface area contributed by atoms with Crippen LogP contribution < -0.4 is 29.3 Å². The van der Waals surface area contributed by atoms with Crippen molar-refractivity contribution in [3.63, 3.8) is 0 Å². The molecule has 1 aromatic heterocycles. The van der Waals surface area contributed by atoms with Gasteiger partial charge < -0.3 is 23.8 Å². The number of hydrogen-bond acceptors (Lipinski definition) is 11. The van der Waals surface area contributed by atoms with Gasteiger partial charge in [0.2, 0.25) is 0 Å². The number of aromatic nitrogens is 1. The van der Waals surface area contributed by atoms with Crippen molar-refractivity contribution in [1.29, 1.82) is 0 Å². The van der Waals surface area contributed by atoms with Gasteiger partial charge in [-0.2, -0.15) is 0 Å². The Balaban J connectivity index is 1.75. The summed E-state index contributed by atoms with van der Waals surface area (Å²) in [6, 6.07) is 7.17. The van der Waals surface area contributed by atoms with Crippen LogP contribution in [0.1, 0.15) is 37.9 Å². The van der Waals surface area contributed by atoms with E-state index in [0.717, 1.165) is 17.0 Å². The summed E-state index contributed by atoms with van der Waals surface area (Å²) in [5, 5.41) is 11.7. The van der Waals surface area contributed by atoms with Crippen molar-refractivity contribution in [1.82, 2.24) is 4.57 Å². The lowest BCUT2D eigenvalue weighted by Crippen LogP contribution is -2.40. The van der Waals surface area contributed by atoms with Gasteiger partial charge in [0.05, 0.1) is 60.3 Å². The third kappa shape index (κ3) is 6.01. The molecule has 1 atom stereocenters. The quantitative estimate of drug-likeness (QED) is 0.188. The van der Waals surface area contributed by atoms with Gasteiger partial charge in [-0.3, -0.25) is 19.5 Å². The number of nitro benzene ring substituents is 1. The third-order valence-electron chi connectivity index (χ3n) is 7.25. The van der Waals surface area contributed by atoms with Gasteiger partial charge in [-0.25, -0.2) is 9.79 Å². The van der Waals surface area contributed by atoms with E-state index in [1.807, 2.05) is 6.92 Å². The van der Waals surface area contributed by atoms with Crippen LogP contribution in [0.3, 0.4) is 0 Å². The number of carbonyl (C=O) groups excluding carboxylic acids is 1. The number of hydrogen-bond donors (Lipinski definition) is 0. The first-order chi connectivity index (χ1) is 21.2. The summed E-state index contributed by atoms with van der Waals surface area (Å²) >= 11 is 4.76. The third-order valence-corrected chi connectivity index (χ3v) is 8.92. The van der Waals surface area contributed by atoms with Crippen LogP contribution in [-0.2, 0) is 14.3 Å². The number of halogens is 1. The molecule has 0 N–H and O–H groups in total. The van der Waals surface area contributed by atoms with Crippen molar-refractivity contribution < 1.29 is 28.7 Å². The number of ether oxygens (including phenoxy) is 4. The maximum absolute atomic E-state index is 14.2. The summed E-state index contributed by atoms with van der Waals surface area (Å²) in [6.07, 6.45) is 1.65. The zero-order valence-electron chi connectivity index (χ0n) is 24.6. The molecule has 1 saturated heterocycles. The molecule has 2 aliphatic rings. The van der Waals surface area contributed by atoms with Crippen LogP contribution in [-0.4, -0.2) is 62.1 Å². The van der Waals surface area contributed by atoms with Gasteiger partial charge >= 0.3 is 5.97 Å². The number of fused-ring (bicyclic) bond motifs is 1. The molecule has 2 aromatic carbocycles. The number of non-ortho nitro benzene ring substituents is 1. The predicted octanol–water partition coefficient (Wildman–Crippen LogP) is 3.71. The van der Waals surface area contributed by atoms with E-state index in [1.165, 1.54) is 23.8 Å². The number of esters is 1. The number of morpholine rings is 1. The molecule has 232 valence electrons. The fourth-order valence-corrected chi connectivity index (χ4v) is 6.86. The lowest BCUT2D eigenvalue weighted by molar-refractivity contribution is -0.384. The van der Waals surface area contributed by atoms with Gasteiger partial charge in [0.15, 0.2) is 16.3 Å². The van der Waals surface area contributed by atoms with Crippen molar-refractivity contribution in [2.45, 2.75) is 26.8 Å². The first-order valence-electron chi connectivity index (χ1n) is 14.0. The second-order valence-corrected chi connectivity index (χ2v) is 11.7. The molecule has 1 fully saturated rings. The van der Waals surface area contributed by atoms with E-state index in [-0.39, 0.29) is 17.9 Å². The molecular weight excluding hydrogens is 656 g/mol. The Hall–Kier alpha value is -4.01. The summed E-state index contributed by atoms with van der Waals surface area (Å²) in [5.41, 5.74) is 1.96. The van der Waals surface area contributed by atoms with Crippen LogP contribution in [0.15, 0.2) is 55.9 Å². The molecule has 3 aromatic rings. The van der Waals surface area contributed by atoms with E-state index in [4.69, 9.17) is 18.9 Å². The minimum Gasteiger partial charge on any atom is -0.493 e. The number of carbonyl (C=O) groups is 1. The number of methoxy groups -OCH3 is 1. The van der Waals surface area contributed by atoms with Gasteiger partial charge in [-0.05, 0) is 50.6 Å². The first kappa shape index (κ1) is 31.4. The summed E-state index contributed by atoms with van der Waals surface area (Å²) in [7, 11) is 1.51. The number of benzene rings is 2. The molecule has 0 radical (unpaired) electrons. The van der Waals surface area contributed by atoms with Crippen LogP contribution in [0.2, 0.25) is 0 Å². The van der Waals surface area contributed by atoms with Crippen LogP contribution in [0, 0.1) is 10.1 Å². The topological polar surface area (TPSA) is 135 Å². The monoisotopic (exact) mass is 686 g/mol. The molecule has 3 heterocycles. The van der Waals surface area contributed by atoms with E-state index in [1.54, 1.807) is 38.1 Å². The molecule has 12 nitrogen and oxygen atoms in total. The molecule has 0 aliphatic carbocycles. The van der Waals surface area contributed by atoms with Gasteiger partial charge in [-0.15, -0.1) is 0 Å². The SMILES string of the molecule is CCOC(=O)C1=C(C)N=c2s/c(=C/c3cc([N+](=O)[O-])ccc3N3CCOCC3)c(=O)n2[C@H]1c1cc(OC)c(OCC)cc1Br. The maximum atomic E-state index is 14.2. The average molecular weight is 688 g/mol. The van der Waals surface area contributed by atoms with E-state index >= 15 is 0 Å². The summed E-state index contributed by atoms with van der Waals surface area (Å²) in [5.74, 6) is 0.329. The number of rotatable bonds is 9. The van der Waals surface area contributed by atoms with E-state index < -0.39 is 22.5 Å². The summed E-state index contributed by atoms with van der Waals surface area (Å²) < 4.78 is 24.6. The van der Waals surface area contributed by atoms with E-state index in [2.05, 4.69) is 25.8 Å². The highest BCUT2D eigenvalue weighted by Crippen LogP contribution is 2.41. The fourth-order valence-electron chi connectivity index (χ4n) is 5.28. The Kier molecular flexibility index (Phi) is 9.51. The highest BCUT2D eigenvalue weighted by atomic mass is 79.9. The molecule has 0 saturated carbocycles. The van der Waals surface area contributed by atoms with Crippen molar-refractivity contribution in [3.8, 4) is 11.5 Å². The average Bonchev–Trinajstić information content (AvgIpc) is 3.31. The normalized spacial score (nSPS) is 16.8. The zero-order chi connectivity index (χ0) is 31.5. The smallest absolute Gasteiger partial charge is 0.338 e. The summed E-state index contributed by atoms with van der Waals surface area (Å²) in [4.78, 5) is 45.9. The number of nitro groups is 1. The van der Waals surface area contributed by atoms with Crippen LogP contribution >= 0.6 is 27.3 Å². The van der Waals surface area contributed by atoms with Crippen molar-refractivity contribution in [2.75, 3.05) is 51.5 Å². The second-order valence-electron chi connectivity index (χ2n) is 9.86. The highest BCUT2D eigenvalue weighted by Gasteiger charge is 2.35. The maximum Gasteiger partial charge on any atom is 0.338 e. The van der Waals surface area contributed by atoms with E-state index in [9.17, 15) is 19.7 Å². The number of allylic oxidation sites excluding steroid dienone is 1. The largest absolute Gasteiger partial charge is 0.493 e. The molecule has 5 rings (SSSR count). The van der Waals surface area contributed by atoms with Crippen LogP contribution in [0.4, 0.5) is 11.4 Å². The highest BCUT2D eigenvalue weighted by molar-refractivity contribution is 9.10. The second kappa shape index (κ2) is 13.3. The Morgan fingerprint density at radius 2 is 1.95 bits per heavy atom. The fraction of sp³-hybridized carbons (Fsp3) is 0.367. The predicted molar refractivity (Wildman–Crippen MR) is 168 cm³/mol. The van der Waals surface area contributed by atoms with Crippen LogP contribution in [0.25, 0.3) is 6.08 Å². The zero-order valence-corrected chi connectivity index (χ0v) is 27.0. The summed E-state index contributed by atoms with van der Waals surface area (Å²) in [6.45, 7) is 8.07. The van der Waals surface area contributed by atoms with Crippen LogP contribution in [0.5, 0.6) is 11.5 Å². The molecule has 0 amide bonds. The Morgan fingerprint density at radius 3 is 2.61 bits per heavy atom.